The predicted octanol–water partition coefficient (Wildman–Crippen LogP) is 3.66. The molecule has 3 aliphatic rings. The van der Waals surface area contributed by atoms with E-state index in [1.165, 1.54) is 20.0 Å². The van der Waals surface area contributed by atoms with Gasteiger partial charge in [0.2, 0.25) is 0 Å². The largest absolute Gasteiger partial charge is 0.464 e. The monoisotopic (exact) mass is 431 g/mol. The van der Waals surface area contributed by atoms with Gasteiger partial charge in [0.1, 0.15) is 0 Å². The number of nitrogens with zero attached hydrogens (tertiary/aromatic N) is 4. The first kappa shape index (κ1) is 19.7. The Morgan fingerprint density at radius 3 is 2.75 bits per heavy atom. The van der Waals surface area contributed by atoms with Crippen molar-refractivity contribution in [2.24, 2.45) is 5.92 Å². The zero-order valence-electron chi connectivity index (χ0n) is 18.5. The smallest absolute Gasteiger partial charge is 0.356 e. The van der Waals surface area contributed by atoms with E-state index in [2.05, 4.69) is 10.2 Å². The number of fused-ring (bicyclic) bond motifs is 2. The first-order chi connectivity index (χ1) is 15.7. The highest BCUT2D eigenvalue weighted by atomic mass is 16.5. The van der Waals surface area contributed by atoms with Gasteiger partial charge in [0.25, 0.3) is 0 Å². The van der Waals surface area contributed by atoms with E-state index in [0.717, 1.165) is 67.0 Å². The standard InChI is InChI=1S/C25H29N5O2/c1-32-25(31)20-14-21(29-13-11-19-17(15-29)10-12-26-19)22-23(16-6-5-7-16)28-30(24(22)27-20)18-8-3-2-4-9-18/h2-4,8-9,14,16-17,19,26H,5-7,10-13,15H2,1H3. The summed E-state index contributed by atoms with van der Waals surface area (Å²) in [6.45, 7) is 3.06. The van der Waals surface area contributed by atoms with Crippen LogP contribution >= 0.6 is 0 Å². The first-order valence-corrected chi connectivity index (χ1v) is 11.8. The molecule has 3 fully saturated rings. The molecule has 0 bridgehead atoms. The number of benzene rings is 1. The van der Waals surface area contributed by atoms with Crippen LogP contribution in [0.15, 0.2) is 36.4 Å². The maximum atomic E-state index is 12.6. The van der Waals surface area contributed by atoms with E-state index >= 15 is 0 Å². The second-order valence-corrected chi connectivity index (χ2v) is 9.32. The molecule has 7 nitrogen and oxygen atoms in total. The molecular weight excluding hydrogens is 402 g/mol. The number of anilines is 1. The summed E-state index contributed by atoms with van der Waals surface area (Å²) < 4.78 is 6.99. The fourth-order valence-corrected chi connectivity index (χ4v) is 5.56. The second-order valence-electron chi connectivity index (χ2n) is 9.32. The molecule has 0 amide bonds. The predicted molar refractivity (Wildman–Crippen MR) is 124 cm³/mol. The van der Waals surface area contributed by atoms with Crippen LogP contribution in [0.2, 0.25) is 0 Å². The van der Waals surface area contributed by atoms with E-state index in [-0.39, 0.29) is 0 Å². The number of rotatable bonds is 4. The topological polar surface area (TPSA) is 72.3 Å². The third-order valence-electron chi connectivity index (χ3n) is 7.53. The van der Waals surface area contributed by atoms with Crippen molar-refractivity contribution < 1.29 is 9.53 Å². The Kier molecular flexibility index (Phi) is 4.86. The van der Waals surface area contributed by atoms with Gasteiger partial charge in [0.15, 0.2) is 11.3 Å². The molecule has 2 atom stereocenters. The number of esters is 1. The van der Waals surface area contributed by atoms with Crippen molar-refractivity contribution >= 4 is 22.7 Å². The molecule has 0 spiro atoms. The van der Waals surface area contributed by atoms with Gasteiger partial charge < -0.3 is 15.0 Å². The number of ether oxygens (including phenoxy) is 1. The lowest BCUT2D eigenvalue weighted by atomic mass is 9.81. The van der Waals surface area contributed by atoms with Crippen LogP contribution in [0.25, 0.3) is 16.7 Å². The Balaban J connectivity index is 1.56. The van der Waals surface area contributed by atoms with Crippen LogP contribution in [0.5, 0.6) is 0 Å². The molecule has 2 aliphatic heterocycles. The van der Waals surface area contributed by atoms with Crippen molar-refractivity contribution in [3.8, 4) is 5.69 Å². The SMILES string of the molecule is COC(=O)c1cc(N2CCC3NCCC3C2)c2c(C3CCC3)nn(-c3ccccc3)c2n1. The summed E-state index contributed by atoms with van der Waals surface area (Å²) in [4.78, 5) is 19.8. The summed E-state index contributed by atoms with van der Waals surface area (Å²) in [6, 6.07) is 12.7. The number of para-hydroxylation sites is 1. The van der Waals surface area contributed by atoms with Gasteiger partial charge in [-0.1, -0.05) is 24.6 Å². The summed E-state index contributed by atoms with van der Waals surface area (Å²) in [5.74, 6) is 0.694. The van der Waals surface area contributed by atoms with Gasteiger partial charge in [-0.2, -0.15) is 5.10 Å². The molecule has 6 rings (SSSR count). The third kappa shape index (κ3) is 3.18. The van der Waals surface area contributed by atoms with Crippen LogP contribution < -0.4 is 10.2 Å². The quantitative estimate of drug-likeness (QED) is 0.636. The maximum Gasteiger partial charge on any atom is 0.356 e. The van der Waals surface area contributed by atoms with Crippen molar-refractivity contribution in [3.63, 3.8) is 0 Å². The number of methoxy groups -OCH3 is 1. The molecule has 2 saturated heterocycles. The molecule has 1 saturated carbocycles. The number of aromatic nitrogens is 3. The second kappa shape index (κ2) is 7.89. The van der Waals surface area contributed by atoms with Crippen molar-refractivity contribution in [2.75, 3.05) is 31.6 Å². The van der Waals surface area contributed by atoms with Crippen molar-refractivity contribution in [2.45, 2.75) is 44.1 Å². The van der Waals surface area contributed by atoms with Gasteiger partial charge in [-0.25, -0.2) is 14.5 Å². The molecule has 3 aromatic rings. The van der Waals surface area contributed by atoms with Crippen molar-refractivity contribution in [3.05, 3.63) is 47.8 Å². The van der Waals surface area contributed by atoms with Gasteiger partial charge in [-0.15, -0.1) is 0 Å². The highest BCUT2D eigenvalue weighted by molar-refractivity contribution is 5.99. The summed E-state index contributed by atoms with van der Waals surface area (Å²) in [5.41, 5.74) is 4.27. The summed E-state index contributed by atoms with van der Waals surface area (Å²) in [6.07, 6.45) is 5.89. The molecule has 1 N–H and O–H groups in total. The summed E-state index contributed by atoms with van der Waals surface area (Å²) in [7, 11) is 1.41. The molecule has 7 heteroatoms. The van der Waals surface area contributed by atoms with Gasteiger partial charge in [0, 0.05) is 25.0 Å². The minimum atomic E-state index is -0.406. The van der Waals surface area contributed by atoms with E-state index in [1.54, 1.807) is 0 Å². The maximum absolute atomic E-state index is 12.6. The van der Waals surface area contributed by atoms with Crippen LogP contribution in [0.1, 0.15) is 54.2 Å². The first-order valence-electron chi connectivity index (χ1n) is 11.8. The Hall–Kier alpha value is -2.93. The van der Waals surface area contributed by atoms with Gasteiger partial charge in [-0.3, -0.25) is 0 Å². The van der Waals surface area contributed by atoms with Gasteiger partial charge >= 0.3 is 5.97 Å². The number of hydrogen-bond acceptors (Lipinski definition) is 6. The van der Waals surface area contributed by atoms with Crippen LogP contribution in [-0.4, -0.2) is 53.5 Å². The zero-order chi connectivity index (χ0) is 21.7. The molecular formula is C25H29N5O2. The Bertz CT molecular complexity index is 1150. The van der Waals surface area contributed by atoms with Crippen LogP contribution in [0.4, 0.5) is 5.69 Å². The lowest BCUT2D eigenvalue weighted by Crippen LogP contribution is -2.44. The number of piperidine rings is 1. The Morgan fingerprint density at radius 2 is 2.00 bits per heavy atom. The zero-order valence-corrected chi connectivity index (χ0v) is 18.5. The number of pyridine rings is 1. The molecule has 32 heavy (non-hydrogen) atoms. The molecule has 1 aliphatic carbocycles. The van der Waals surface area contributed by atoms with E-state index < -0.39 is 5.97 Å². The highest BCUT2D eigenvalue weighted by Gasteiger charge is 2.35. The van der Waals surface area contributed by atoms with E-state index in [0.29, 0.717) is 23.6 Å². The normalized spacial score (nSPS) is 23.2. The van der Waals surface area contributed by atoms with Crippen LogP contribution in [0, 0.1) is 5.92 Å². The van der Waals surface area contributed by atoms with E-state index in [4.69, 9.17) is 14.8 Å². The minimum absolute atomic E-state index is 0.346. The summed E-state index contributed by atoms with van der Waals surface area (Å²) >= 11 is 0. The molecule has 166 valence electrons. The lowest BCUT2D eigenvalue weighted by molar-refractivity contribution is 0.0594. The minimum Gasteiger partial charge on any atom is -0.464 e. The molecule has 0 radical (unpaired) electrons. The highest BCUT2D eigenvalue weighted by Crippen LogP contribution is 2.43. The van der Waals surface area contributed by atoms with Gasteiger partial charge in [0.05, 0.1) is 29.6 Å². The average molecular weight is 432 g/mol. The van der Waals surface area contributed by atoms with Crippen LogP contribution in [-0.2, 0) is 4.74 Å². The van der Waals surface area contributed by atoms with E-state index in [9.17, 15) is 4.79 Å². The molecule has 4 heterocycles. The molecule has 2 aromatic heterocycles. The Labute approximate surface area is 187 Å². The Morgan fingerprint density at radius 1 is 1.16 bits per heavy atom. The molecule has 2 unspecified atom stereocenters. The molecule has 1 aromatic carbocycles. The van der Waals surface area contributed by atoms with E-state index in [1.807, 2.05) is 41.1 Å². The average Bonchev–Trinajstić information content (AvgIpc) is 3.42. The van der Waals surface area contributed by atoms with Crippen molar-refractivity contribution in [1.82, 2.24) is 20.1 Å². The fourth-order valence-electron chi connectivity index (χ4n) is 5.56. The fraction of sp³-hybridized carbons (Fsp3) is 0.480. The number of nitrogens with one attached hydrogen (secondary N) is 1. The van der Waals surface area contributed by atoms with Crippen LogP contribution in [0.3, 0.4) is 0 Å². The van der Waals surface area contributed by atoms with Gasteiger partial charge in [-0.05, 0) is 56.3 Å². The number of carbonyl (C=O) groups excluding carboxylic acids is 1. The van der Waals surface area contributed by atoms with Crippen molar-refractivity contribution in [1.29, 1.82) is 0 Å². The summed E-state index contributed by atoms with van der Waals surface area (Å²) in [5, 5.41) is 9.85. The third-order valence-corrected chi connectivity index (χ3v) is 7.53. The number of carbonyl (C=O) groups is 1. The number of hydrogen-bond donors (Lipinski definition) is 1. The lowest BCUT2D eigenvalue weighted by Gasteiger charge is -2.37.